The third-order valence-electron chi connectivity index (χ3n) is 3.53. The van der Waals surface area contributed by atoms with Crippen molar-refractivity contribution in [2.24, 2.45) is 5.92 Å². The van der Waals surface area contributed by atoms with Gasteiger partial charge in [0.05, 0.1) is 11.9 Å². The summed E-state index contributed by atoms with van der Waals surface area (Å²) in [4.78, 5) is 0. The molecule has 0 amide bonds. The van der Waals surface area contributed by atoms with Crippen molar-refractivity contribution in [3.05, 3.63) is 24.3 Å². The zero-order chi connectivity index (χ0) is 13.2. The molecule has 100 valence electrons. The molecule has 0 spiro atoms. The molecule has 0 aromatic heterocycles. The lowest BCUT2D eigenvalue weighted by Crippen LogP contribution is -2.37. The average molecular weight is 257 g/mol. The van der Waals surface area contributed by atoms with Gasteiger partial charge >= 0.3 is 6.98 Å². The molecular weight excluding hydrogens is 240 g/mol. The molecule has 0 aliphatic heterocycles. The summed E-state index contributed by atoms with van der Waals surface area (Å²) in [5.74, 6) is 0.650. The molecule has 1 aliphatic rings. The minimum atomic E-state index is -5.00. The molecule has 1 aliphatic carbocycles. The lowest BCUT2D eigenvalue weighted by molar-refractivity contribution is 0.136. The predicted molar refractivity (Wildman–Crippen MR) is 67.2 cm³/mol. The van der Waals surface area contributed by atoms with E-state index in [2.05, 4.69) is 6.92 Å². The van der Waals surface area contributed by atoms with Gasteiger partial charge in [0.2, 0.25) is 0 Å². The van der Waals surface area contributed by atoms with Gasteiger partial charge in [-0.3, -0.25) is 0 Å². The molecule has 1 saturated carbocycles. The Balaban J connectivity index is 2.10. The highest BCUT2D eigenvalue weighted by atomic mass is 19.4. The van der Waals surface area contributed by atoms with Crippen LogP contribution in [0.25, 0.3) is 0 Å². The van der Waals surface area contributed by atoms with Gasteiger partial charge in [0.15, 0.2) is 0 Å². The van der Waals surface area contributed by atoms with Crippen molar-refractivity contribution in [1.82, 2.24) is 0 Å². The van der Waals surface area contributed by atoms with Gasteiger partial charge in [0.1, 0.15) is 0 Å². The summed E-state index contributed by atoms with van der Waals surface area (Å²) in [6, 6.07) is 5.51. The second-order valence-electron chi connectivity index (χ2n) is 5.11. The number of hydrogen-bond donors (Lipinski definition) is 0. The Morgan fingerprint density at radius 2 is 1.67 bits per heavy atom. The number of hydrogen-bond acceptors (Lipinski definition) is 1. The van der Waals surface area contributed by atoms with E-state index < -0.39 is 12.4 Å². The maximum absolute atomic E-state index is 12.8. The van der Waals surface area contributed by atoms with E-state index in [1.807, 2.05) is 0 Å². The van der Waals surface area contributed by atoms with Gasteiger partial charge in [0.25, 0.3) is 0 Å². The molecular formula is C13H17BF3O-. The minimum Gasteiger partial charge on any atom is -0.493 e. The largest absolute Gasteiger partial charge is 0.513 e. The van der Waals surface area contributed by atoms with Gasteiger partial charge < -0.3 is 17.7 Å². The Morgan fingerprint density at radius 3 is 2.28 bits per heavy atom. The van der Waals surface area contributed by atoms with Crippen LogP contribution < -0.4 is 10.2 Å². The summed E-state index contributed by atoms with van der Waals surface area (Å²) in [6.07, 6.45) is 3.69. The van der Waals surface area contributed by atoms with Gasteiger partial charge in [-0.15, -0.1) is 0 Å². The second-order valence-corrected chi connectivity index (χ2v) is 5.11. The van der Waals surface area contributed by atoms with E-state index in [1.165, 1.54) is 12.1 Å². The Kier molecular flexibility index (Phi) is 3.88. The quantitative estimate of drug-likeness (QED) is 0.750. The molecule has 0 heterocycles. The van der Waals surface area contributed by atoms with Crippen LogP contribution in [0.4, 0.5) is 12.9 Å². The Hall–Kier alpha value is -1.13. The fraction of sp³-hybridized carbons (Fsp3) is 0.538. The molecule has 0 N–H and O–H groups in total. The van der Waals surface area contributed by atoms with Crippen LogP contribution in [-0.4, -0.2) is 13.1 Å². The van der Waals surface area contributed by atoms with Crippen LogP contribution in [0.15, 0.2) is 24.3 Å². The summed E-state index contributed by atoms with van der Waals surface area (Å²) in [5.41, 5.74) is -0.615. The Bertz CT molecular complexity index is 397. The first kappa shape index (κ1) is 13.3. The van der Waals surface area contributed by atoms with Crippen LogP contribution >= 0.6 is 0 Å². The number of rotatable bonds is 3. The monoisotopic (exact) mass is 257 g/mol. The van der Waals surface area contributed by atoms with Crippen molar-refractivity contribution in [2.75, 3.05) is 0 Å². The summed E-state index contributed by atoms with van der Waals surface area (Å²) in [7, 11) is 0. The van der Waals surface area contributed by atoms with Crippen molar-refractivity contribution in [2.45, 2.75) is 38.7 Å². The number of halogens is 3. The van der Waals surface area contributed by atoms with E-state index in [0.717, 1.165) is 31.7 Å². The molecule has 1 nitrogen and oxygen atoms in total. The lowest BCUT2D eigenvalue weighted by Gasteiger charge is -2.29. The van der Waals surface area contributed by atoms with Crippen molar-refractivity contribution in [3.63, 3.8) is 0 Å². The third-order valence-corrected chi connectivity index (χ3v) is 3.53. The molecule has 0 radical (unpaired) electrons. The Labute approximate surface area is 105 Å². The van der Waals surface area contributed by atoms with Crippen LogP contribution in [0.1, 0.15) is 32.6 Å². The maximum atomic E-state index is 12.8. The topological polar surface area (TPSA) is 9.23 Å². The minimum absolute atomic E-state index is 0.00967. The predicted octanol–water partition coefficient (Wildman–Crippen LogP) is 3.70. The third kappa shape index (κ3) is 3.21. The van der Waals surface area contributed by atoms with E-state index in [-0.39, 0.29) is 11.9 Å². The SMILES string of the molecule is CC1CCC(Oc2ccccc2[B-](F)(F)F)CC1. The zero-order valence-electron chi connectivity index (χ0n) is 10.4. The Morgan fingerprint density at radius 1 is 1.06 bits per heavy atom. The summed E-state index contributed by atoms with van der Waals surface area (Å²) in [6.45, 7) is -2.83. The normalized spacial score (nSPS) is 24.9. The van der Waals surface area contributed by atoms with Gasteiger partial charge in [-0.25, -0.2) is 0 Å². The van der Waals surface area contributed by atoms with E-state index in [9.17, 15) is 12.9 Å². The zero-order valence-corrected chi connectivity index (χ0v) is 10.4. The fourth-order valence-electron chi connectivity index (χ4n) is 2.39. The summed E-state index contributed by atoms with van der Waals surface area (Å²) in [5, 5.41) is 0. The molecule has 1 aromatic rings. The summed E-state index contributed by atoms with van der Waals surface area (Å²) < 4.78 is 44.1. The molecule has 0 bridgehead atoms. The van der Waals surface area contributed by atoms with E-state index in [0.29, 0.717) is 5.92 Å². The highest BCUT2D eigenvalue weighted by molar-refractivity contribution is 6.74. The first-order chi connectivity index (χ1) is 8.47. The molecule has 1 aromatic carbocycles. The highest BCUT2D eigenvalue weighted by Gasteiger charge is 2.30. The summed E-state index contributed by atoms with van der Waals surface area (Å²) >= 11 is 0. The number of ether oxygens (including phenoxy) is 1. The molecule has 0 unspecified atom stereocenters. The highest BCUT2D eigenvalue weighted by Crippen LogP contribution is 2.27. The average Bonchev–Trinajstić information content (AvgIpc) is 2.31. The van der Waals surface area contributed by atoms with Gasteiger partial charge in [-0.1, -0.05) is 30.6 Å². The standard InChI is InChI=1S/C13H17BF3O/c1-10-6-8-11(9-7-10)18-13-5-3-2-4-12(13)14(15,16)17/h2-5,10-11H,6-9H2,1H3/q-1. The molecule has 18 heavy (non-hydrogen) atoms. The molecule has 0 atom stereocenters. The maximum Gasteiger partial charge on any atom is 0.513 e. The van der Waals surface area contributed by atoms with Crippen molar-refractivity contribution in [3.8, 4) is 5.75 Å². The molecule has 1 fully saturated rings. The molecule has 2 rings (SSSR count). The van der Waals surface area contributed by atoms with Crippen LogP contribution in [0.2, 0.25) is 0 Å². The molecule has 0 saturated heterocycles. The van der Waals surface area contributed by atoms with Gasteiger partial charge in [-0.2, -0.15) is 0 Å². The van der Waals surface area contributed by atoms with Gasteiger partial charge in [-0.05, 0) is 37.7 Å². The smallest absolute Gasteiger partial charge is 0.493 e. The first-order valence-electron chi connectivity index (χ1n) is 6.42. The number of benzene rings is 1. The van der Waals surface area contributed by atoms with Crippen molar-refractivity contribution in [1.29, 1.82) is 0 Å². The van der Waals surface area contributed by atoms with E-state index in [1.54, 1.807) is 6.07 Å². The van der Waals surface area contributed by atoms with Crippen molar-refractivity contribution < 1.29 is 17.7 Å². The first-order valence-corrected chi connectivity index (χ1v) is 6.42. The lowest BCUT2D eigenvalue weighted by atomic mass is 9.79. The number of para-hydroxylation sites is 1. The second kappa shape index (κ2) is 5.25. The van der Waals surface area contributed by atoms with Crippen LogP contribution in [0, 0.1) is 5.92 Å². The van der Waals surface area contributed by atoms with E-state index in [4.69, 9.17) is 4.74 Å². The van der Waals surface area contributed by atoms with Gasteiger partial charge in [0, 0.05) is 0 Å². The molecule has 5 heteroatoms. The van der Waals surface area contributed by atoms with Crippen LogP contribution in [-0.2, 0) is 0 Å². The van der Waals surface area contributed by atoms with Crippen molar-refractivity contribution >= 4 is 12.4 Å². The fourth-order valence-corrected chi connectivity index (χ4v) is 2.39. The van der Waals surface area contributed by atoms with Crippen LogP contribution in [0.5, 0.6) is 5.75 Å². The van der Waals surface area contributed by atoms with Crippen LogP contribution in [0.3, 0.4) is 0 Å². The van der Waals surface area contributed by atoms with E-state index >= 15 is 0 Å².